The SMILES string of the molecule is CCC(CC)(CC1OC(n2cnc3c(=O)[nH]cnc32)C(O)C1O)OP(=O)(O)C(C)(O)CC. The van der Waals surface area contributed by atoms with Crippen molar-refractivity contribution in [1.82, 2.24) is 19.5 Å². The largest absolute Gasteiger partial charge is 0.388 e. The fourth-order valence-electron chi connectivity index (χ4n) is 3.81. The molecule has 0 spiro atoms. The van der Waals surface area contributed by atoms with Crippen LogP contribution in [0.5, 0.6) is 0 Å². The molecule has 0 saturated carbocycles. The zero-order chi connectivity index (χ0) is 23.9. The van der Waals surface area contributed by atoms with Gasteiger partial charge in [-0.1, -0.05) is 20.8 Å². The zero-order valence-electron chi connectivity index (χ0n) is 18.5. The van der Waals surface area contributed by atoms with Gasteiger partial charge in [-0.25, -0.2) is 9.97 Å². The minimum absolute atomic E-state index is 0.00740. The van der Waals surface area contributed by atoms with Crippen LogP contribution in [0, 0.1) is 0 Å². The van der Waals surface area contributed by atoms with Crippen molar-refractivity contribution in [2.75, 3.05) is 0 Å². The minimum Gasteiger partial charge on any atom is -0.388 e. The number of ether oxygens (including phenoxy) is 1. The number of aromatic nitrogens is 4. The first-order valence-electron chi connectivity index (χ1n) is 10.6. The van der Waals surface area contributed by atoms with E-state index in [2.05, 4.69) is 15.0 Å². The van der Waals surface area contributed by atoms with Crippen molar-refractivity contribution in [1.29, 1.82) is 0 Å². The third-order valence-electron chi connectivity index (χ3n) is 6.43. The zero-order valence-corrected chi connectivity index (χ0v) is 19.4. The van der Waals surface area contributed by atoms with E-state index in [1.807, 2.05) is 0 Å². The van der Waals surface area contributed by atoms with Gasteiger partial charge < -0.3 is 29.9 Å². The van der Waals surface area contributed by atoms with E-state index >= 15 is 0 Å². The van der Waals surface area contributed by atoms with Crippen LogP contribution in [0.2, 0.25) is 0 Å². The van der Waals surface area contributed by atoms with Gasteiger partial charge in [-0.05, 0) is 26.2 Å². The highest BCUT2D eigenvalue weighted by atomic mass is 31.2. The van der Waals surface area contributed by atoms with E-state index < -0.39 is 48.6 Å². The molecule has 0 amide bonds. The van der Waals surface area contributed by atoms with Crippen LogP contribution in [-0.2, 0) is 13.8 Å². The van der Waals surface area contributed by atoms with E-state index in [4.69, 9.17) is 9.26 Å². The van der Waals surface area contributed by atoms with Gasteiger partial charge in [-0.2, -0.15) is 0 Å². The number of H-pyrrole nitrogens is 1. The lowest BCUT2D eigenvalue weighted by Crippen LogP contribution is -2.41. The highest BCUT2D eigenvalue weighted by Gasteiger charge is 2.51. The maximum atomic E-state index is 12.8. The molecule has 0 aromatic carbocycles. The normalized spacial score (nSPS) is 28.0. The Bertz CT molecular complexity index is 1050. The fourth-order valence-corrected chi connectivity index (χ4v) is 5.26. The Balaban J connectivity index is 1.88. The number of rotatable bonds is 9. The van der Waals surface area contributed by atoms with Crippen molar-refractivity contribution < 1.29 is 34.0 Å². The van der Waals surface area contributed by atoms with E-state index in [0.717, 1.165) is 0 Å². The average molecular weight is 474 g/mol. The van der Waals surface area contributed by atoms with E-state index in [1.54, 1.807) is 20.8 Å². The highest BCUT2D eigenvalue weighted by Crippen LogP contribution is 2.59. The van der Waals surface area contributed by atoms with Crippen molar-refractivity contribution in [2.45, 2.75) is 88.9 Å². The van der Waals surface area contributed by atoms with Crippen LogP contribution < -0.4 is 5.56 Å². The Morgan fingerprint density at radius 3 is 2.47 bits per heavy atom. The molecule has 6 atom stereocenters. The maximum absolute atomic E-state index is 12.8. The first-order chi connectivity index (χ1) is 14.9. The standard InChI is InChI=1S/C19H31N4O8P/c1-5-18(4,27)32(28,29)31-19(6-2,7-3)8-11-13(24)14(25)17(30-11)23-10-22-12-15(23)20-9-21-16(12)26/h9-11,13-14,17,24-25,27H,5-8H2,1-4H3,(H,28,29)(H,20,21,26). The van der Waals surface area contributed by atoms with Crippen LogP contribution in [0.15, 0.2) is 17.4 Å². The van der Waals surface area contributed by atoms with Crippen LogP contribution in [0.25, 0.3) is 11.2 Å². The quantitative estimate of drug-likeness (QED) is 0.329. The number of aliphatic hydroxyl groups excluding tert-OH is 2. The number of aromatic amines is 1. The van der Waals surface area contributed by atoms with Gasteiger partial charge in [-0.15, -0.1) is 0 Å². The van der Waals surface area contributed by atoms with Crippen LogP contribution in [0.3, 0.4) is 0 Å². The molecule has 3 heterocycles. The Morgan fingerprint density at radius 2 is 1.88 bits per heavy atom. The summed E-state index contributed by atoms with van der Waals surface area (Å²) in [6.07, 6.45) is -1.68. The van der Waals surface area contributed by atoms with Gasteiger partial charge in [-0.3, -0.25) is 18.5 Å². The molecule has 12 nitrogen and oxygen atoms in total. The summed E-state index contributed by atoms with van der Waals surface area (Å²) in [5, 5.41) is 29.7. The molecule has 1 aliphatic heterocycles. The van der Waals surface area contributed by atoms with Crippen molar-refractivity contribution >= 4 is 18.8 Å². The summed E-state index contributed by atoms with van der Waals surface area (Å²) in [5.74, 6) is 0. The highest BCUT2D eigenvalue weighted by molar-refractivity contribution is 7.54. The van der Waals surface area contributed by atoms with Crippen LogP contribution in [0.4, 0.5) is 0 Å². The summed E-state index contributed by atoms with van der Waals surface area (Å²) >= 11 is 0. The predicted octanol–water partition coefficient (Wildman–Crippen LogP) is 1.01. The molecule has 180 valence electrons. The Labute approximate surface area is 184 Å². The minimum atomic E-state index is -4.45. The lowest BCUT2D eigenvalue weighted by Gasteiger charge is -2.39. The summed E-state index contributed by atoms with van der Waals surface area (Å²) in [5.41, 5.74) is -1.41. The second kappa shape index (κ2) is 8.94. The van der Waals surface area contributed by atoms with Crippen molar-refractivity contribution in [3.63, 3.8) is 0 Å². The number of nitrogens with zero attached hydrogens (tertiary/aromatic N) is 3. The maximum Gasteiger partial charge on any atom is 0.359 e. The van der Waals surface area contributed by atoms with Crippen molar-refractivity contribution in [3.8, 4) is 0 Å². The monoisotopic (exact) mass is 474 g/mol. The predicted molar refractivity (Wildman–Crippen MR) is 114 cm³/mol. The molecule has 1 fully saturated rings. The molecule has 6 unspecified atom stereocenters. The number of hydrogen-bond acceptors (Lipinski definition) is 9. The number of fused-ring (bicyclic) bond motifs is 1. The van der Waals surface area contributed by atoms with Gasteiger partial charge in [0, 0.05) is 6.42 Å². The van der Waals surface area contributed by atoms with E-state index in [0.29, 0.717) is 12.8 Å². The van der Waals surface area contributed by atoms with Gasteiger partial charge in [0.2, 0.25) is 0 Å². The lowest BCUT2D eigenvalue weighted by atomic mass is 9.88. The van der Waals surface area contributed by atoms with Crippen LogP contribution in [0.1, 0.15) is 59.6 Å². The second-order valence-corrected chi connectivity index (χ2v) is 10.6. The smallest absolute Gasteiger partial charge is 0.359 e. The van der Waals surface area contributed by atoms with E-state index in [9.17, 15) is 29.6 Å². The van der Waals surface area contributed by atoms with Crippen molar-refractivity contribution in [2.24, 2.45) is 0 Å². The van der Waals surface area contributed by atoms with Gasteiger partial charge in [0.15, 0.2) is 22.7 Å². The molecule has 32 heavy (non-hydrogen) atoms. The molecular formula is C19H31N4O8P. The van der Waals surface area contributed by atoms with Crippen LogP contribution in [-0.4, -0.2) is 69.0 Å². The summed E-state index contributed by atoms with van der Waals surface area (Å²) in [7, 11) is -4.45. The number of aliphatic hydroxyl groups is 3. The molecular weight excluding hydrogens is 443 g/mol. The van der Waals surface area contributed by atoms with Crippen molar-refractivity contribution in [3.05, 3.63) is 23.0 Å². The molecule has 2 aromatic rings. The van der Waals surface area contributed by atoms with E-state index in [-0.39, 0.29) is 24.0 Å². The fraction of sp³-hybridized carbons (Fsp3) is 0.737. The Kier molecular flexibility index (Phi) is 6.98. The molecule has 0 aliphatic carbocycles. The average Bonchev–Trinajstić information content (AvgIpc) is 3.30. The first-order valence-corrected chi connectivity index (χ1v) is 12.2. The molecule has 5 N–H and O–H groups in total. The van der Waals surface area contributed by atoms with E-state index in [1.165, 1.54) is 24.1 Å². The third kappa shape index (κ3) is 4.28. The molecule has 0 bridgehead atoms. The van der Waals surface area contributed by atoms with Gasteiger partial charge in [0.05, 0.1) is 24.4 Å². The number of hydrogen-bond donors (Lipinski definition) is 5. The van der Waals surface area contributed by atoms with Gasteiger partial charge in [0.25, 0.3) is 5.56 Å². The summed E-state index contributed by atoms with van der Waals surface area (Å²) in [4.78, 5) is 32.8. The molecule has 3 rings (SSSR count). The topological polar surface area (TPSA) is 180 Å². The molecule has 1 aliphatic rings. The first kappa shape index (κ1) is 25.0. The Morgan fingerprint density at radius 1 is 1.22 bits per heavy atom. The third-order valence-corrected chi connectivity index (χ3v) is 8.60. The number of imidazole rings is 1. The summed E-state index contributed by atoms with van der Waals surface area (Å²) in [6.45, 7) is 6.34. The lowest BCUT2D eigenvalue weighted by molar-refractivity contribution is -0.0753. The second-order valence-electron chi connectivity index (χ2n) is 8.38. The summed E-state index contributed by atoms with van der Waals surface area (Å²) < 4.78 is 25.8. The summed E-state index contributed by atoms with van der Waals surface area (Å²) in [6, 6.07) is 0. The van der Waals surface area contributed by atoms with Gasteiger partial charge in [0.1, 0.15) is 12.2 Å². The molecule has 1 saturated heterocycles. The molecule has 13 heteroatoms. The number of nitrogens with one attached hydrogen (secondary N) is 1. The molecule has 2 aromatic heterocycles. The van der Waals surface area contributed by atoms with Crippen LogP contribution >= 0.6 is 7.60 Å². The van der Waals surface area contributed by atoms with Gasteiger partial charge >= 0.3 is 7.60 Å². The Hall–Kier alpha value is -1.66. The molecule has 0 radical (unpaired) electrons.